The van der Waals surface area contributed by atoms with E-state index < -0.39 is 10.0 Å². The Kier molecular flexibility index (Phi) is 4.88. The summed E-state index contributed by atoms with van der Waals surface area (Å²) >= 11 is 0. The minimum atomic E-state index is -3.21. The van der Waals surface area contributed by atoms with Gasteiger partial charge in [0.05, 0.1) is 6.26 Å². The summed E-state index contributed by atoms with van der Waals surface area (Å²) in [6.07, 6.45) is 1.79. The highest BCUT2D eigenvalue weighted by molar-refractivity contribution is 7.88. The van der Waals surface area contributed by atoms with Crippen LogP contribution < -0.4 is 0 Å². The number of hydrogen-bond acceptors (Lipinski definition) is 4. The number of carbonyl (C=O) groups is 1. The first-order valence-corrected chi connectivity index (χ1v) is 10.1. The van der Waals surface area contributed by atoms with E-state index >= 15 is 0 Å². The largest absolute Gasteiger partial charge is 0.340 e. The molecule has 0 aliphatic carbocycles. The van der Waals surface area contributed by atoms with Crippen LogP contribution in [0.15, 0.2) is 0 Å². The Labute approximate surface area is 140 Å². The molecular formula is C16H31N3O3S. The average Bonchev–Trinajstić information content (AvgIpc) is 2.34. The van der Waals surface area contributed by atoms with Crippen molar-refractivity contribution in [2.24, 2.45) is 5.41 Å². The highest BCUT2D eigenvalue weighted by Gasteiger charge is 2.45. The van der Waals surface area contributed by atoms with Crippen molar-refractivity contribution < 1.29 is 13.2 Å². The predicted molar refractivity (Wildman–Crippen MR) is 91.6 cm³/mol. The van der Waals surface area contributed by atoms with E-state index in [1.807, 2.05) is 4.90 Å². The van der Waals surface area contributed by atoms with Crippen molar-refractivity contribution >= 4 is 15.9 Å². The van der Waals surface area contributed by atoms with Crippen molar-refractivity contribution in [3.05, 3.63) is 0 Å². The topological polar surface area (TPSA) is 60.9 Å². The van der Waals surface area contributed by atoms with Crippen LogP contribution in [0.2, 0.25) is 0 Å². The second kappa shape index (κ2) is 6.01. The third-order valence-electron chi connectivity index (χ3n) is 4.74. The van der Waals surface area contributed by atoms with Gasteiger partial charge in [0.25, 0.3) is 0 Å². The maximum atomic E-state index is 12.5. The summed E-state index contributed by atoms with van der Waals surface area (Å²) in [5.41, 5.74) is -0.232. The van der Waals surface area contributed by atoms with E-state index in [0.29, 0.717) is 26.1 Å². The lowest BCUT2D eigenvalue weighted by Gasteiger charge is -2.55. The molecule has 23 heavy (non-hydrogen) atoms. The first-order chi connectivity index (χ1) is 10.3. The fraction of sp³-hybridized carbons (Fsp3) is 0.938. The molecule has 1 amide bonds. The molecule has 6 nitrogen and oxygen atoms in total. The fourth-order valence-electron chi connectivity index (χ4n) is 3.68. The van der Waals surface area contributed by atoms with Crippen LogP contribution in [0.25, 0.3) is 0 Å². The zero-order valence-corrected chi connectivity index (χ0v) is 16.1. The molecule has 2 rings (SSSR count). The molecule has 0 aromatic carbocycles. The quantitative estimate of drug-likeness (QED) is 0.749. The second-order valence-electron chi connectivity index (χ2n) is 8.79. The van der Waals surface area contributed by atoms with Crippen molar-refractivity contribution in [2.75, 3.05) is 39.0 Å². The average molecular weight is 346 g/mol. The van der Waals surface area contributed by atoms with Gasteiger partial charge in [-0.1, -0.05) is 20.8 Å². The first kappa shape index (κ1) is 18.7. The fourth-order valence-corrected chi connectivity index (χ4v) is 4.67. The minimum absolute atomic E-state index is 0.0289. The summed E-state index contributed by atoms with van der Waals surface area (Å²) in [7, 11) is -3.21. The third-order valence-corrected chi connectivity index (χ3v) is 5.96. The smallest absolute Gasteiger partial charge is 0.223 e. The molecule has 0 radical (unpaired) electrons. The number of carbonyl (C=O) groups excluding carboxylic acids is 1. The van der Waals surface area contributed by atoms with Crippen LogP contribution in [0.3, 0.4) is 0 Å². The molecule has 2 aliphatic rings. The lowest BCUT2D eigenvalue weighted by atomic mass is 9.90. The van der Waals surface area contributed by atoms with E-state index in [-0.39, 0.29) is 22.9 Å². The number of hydrogen-bond donors (Lipinski definition) is 0. The van der Waals surface area contributed by atoms with Crippen molar-refractivity contribution in [3.8, 4) is 0 Å². The van der Waals surface area contributed by atoms with Crippen molar-refractivity contribution in [1.82, 2.24) is 14.1 Å². The number of rotatable bonds is 2. The van der Waals surface area contributed by atoms with E-state index in [1.165, 1.54) is 6.26 Å². The molecule has 2 heterocycles. The van der Waals surface area contributed by atoms with Gasteiger partial charge in [0.2, 0.25) is 15.9 Å². The predicted octanol–water partition coefficient (Wildman–Crippen LogP) is 0.989. The van der Waals surface area contributed by atoms with Crippen LogP contribution >= 0.6 is 0 Å². The number of sulfonamides is 1. The third kappa shape index (κ3) is 4.45. The van der Waals surface area contributed by atoms with Gasteiger partial charge in [0.1, 0.15) is 0 Å². The molecule has 7 heteroatoms. The summed E-state index contributed by atoms with van der Waals surface area (Å²) < 4.78 is 25.5. The van der Waals surface area contributed by atoms with E-state index in [1.54, 1.807) is 4.31 Å². The normalized spacial score (nSPS) is 26.9. The van der Waals surface area contributed by atoms with Gasteiger partial charge in [-0.3, -0.25) is 9.69 Å². The van der Waals surface area contributed by atoms with E-state index in [2.05, 4.69) is 39.5 Å². The van der Waals surface area contributed by atoms with Crippen molar-refractivity contribution in [1.29, 1.82) is 0 Å². The van der Waals surface area contributed by atoms with E-state index in [0.717, 1.165) is 13.1 Å². The highest BCUT2D eigenvalue weighted by atomic mass is 32.2. The Balaban J connectivity index is 2.13. The van der Waals surface area contributed by atoms with E-state index in [9.17, 15) is 13.2 Å². The second-order valence-corrected chi connectivity index (χ2v) is 10.8. The molecule has 0 aromatic rings. The zero-order valence-electron chi connectivity index (χ0n) is 15.3. The summed E-state index contributed by atoms with van der Waals surface area (Å²) in [5, 5.41) is 0. The molecule has 2 fully saturated rings. The summed E-state index contributed by atoms with van der Waals surface area (Å²) in [5.74, 6) is 0.173. The number of piperazine rings is 2. The highest BCUT2D eigenvalue weighted by Crippen LogP contribution is 2.30. The molecule has 2 aliphatic heterocycles. The Morgan fingerprint density at radius 3 is 2.30 bits per heavy atom. The molecule has 134 valence electrons. The molecule has 0 saturated carbocycles. The maximum absolute atomic E-state index is 12.5. The molecular weight excluding hydrogens is 314 g/mol. The lowest BCUT2D eigenvalue weighted by molar-refractivity contribution is -0.139. The summed E-state index contributed by atoms with van der Waals surface area (Å²) in [6, 6.07) is 0.0751. The Hall–Kier alpha value is -0.660. The monoisotopic (exact) mass is 345 g/mol. The Morgan fingerprint density at radius 1 is 1.17 bits per heavy atom. The molecule has 1 unspecified atom stereocenters. The van der Waals surface area contributed by atoms with E-state index in [4.69, 9.17) is 0 Å². The van der Waals surface area contributed by atoms with Crippen molar-refractivity contribution in [3.63, 3.8) is 0 Å². The van der Waals surface area contributed by atoms with Gasteiger partial charge in [-0.15, -0.1) is 0 Å². The van der Waals surface area contributed by atoms with Crippen molar-refractivity contribution in [2.45, 2.75) is 52.6 Å². The standard InChI is InChI=1S/C16H31N3O3S/c1-15(2,3)9-14(20)17-7-8-19-13(10-17)11-18(23(6,21)22)12-16(19,4)5/h13H,7-12H2,1-6H3. The lowest BCUT2D eigenvalue weighted by Crippen LogP contribution is -2.70. The summed E-state index contributed by atoms with van der Waals surface area (Å²) in [6.45, 7) is 13.5. The van der Waals surface area contributed by atoms with Gasteiger partial charge in [0.15, 0.2) is 0 Å². The van der Waals surface area contributed by atoms with Crippen LogP contribution in [-0.2, 0) is 14.8 Å². The van der Waals surface area contributed by atoms with Gasteiger partial charge >= 0.3 is 0 Å². The number of fused-ring (bicyclic) bond motifs is 1. The molecule has 2 saturated heterocycles. The molecule has 0 bridgehead atoms. The van der Waals surface area contributed by atoms with Crippen LogP contribution in [0.1, 0.15) is 41.0 Å². The Morgan fingerprint density at radius 2 is 1.78 bits per heavy atom. The first-order valence-electron chi connectivity index (χ1n) is 8.29. The molecule has 1 atom stereocenters. The Bertz CT molecular complexity index is 566. The van der Waals surface area contributed by atoms with Crippen LogP contribution in [-0.4, -0.2) is 79.0 Å². The van der Waals surface area contributed by atoms with Crippen LogP contribution in [0.4, 0.5) is 0 Å². The maximum Gasteiger partial charge on any atom is 0.223 e. The van der Waals surface area contributed by atoms with Gasteiger partial charge in [-0.05, 0) is 19.3 Å². The molecule has 0 N–H and O–H groups in total. The minimum Gasteiger partial charge on any atom is -0.340 e. The zero-order chi connectivity index (χ0) is 17.6. The number of amides is 1. The van der Waals surface area contributed by atoms with Gasteiger partial charge in [-0.25, -0.2) is 8.42 Å². The molecule has 0 aromatic heterocycles. The summed E-state index contributed by atoms with van der Waals surface area (Å²) in [4.78, 5) is 16.8. The van der Waals surface area contributed by atoms with Gasteiger partial charge in [-0.2, -0.15) is 4.31 Å². The van der Waals surface area contributed by atoms with Gasteiger partial charge < -0.3 is 4.90 Å². The SMILES string of the molecule is CC(C)(C)CC(=O)N1CCN2C(C1)CN(S(C)(=O)=O)CC2(C)C. The molecule has 0 spiro atoms. The van der Waals surface area contributed by atoms with Crippen LogP contribution in [0, 0.1) is 5.41 Å². The number of nitrogens with zero attached hydrogens (tertiary/aromatic N) is 3. The van der Waals surface area contributed by atoms with Crippen LogP contribution in [0.5, 0.6) is 0 Å². The van der Waals surface area contributed by atoms with Gasteiger partial charge in [0, 0.05) is 50.7 Å².